The maximum atomic E-state index is 12.4. The minimum absolute atomic E-state index is 0.301. The molecule has 136 valence electrons. The third kappa shape index (κ3) is 5.07. The number of aliphatic imine (C=N–C) groups is 1. The molecule has 1 aromatic heterocycles. The molecule has 0 radical (unpaired) electrons. The summed E-state index contributed by atoms with van der Waals surface area (Å²) < 4.78 is 28.1. The number of nitrogens with zero attached hydrogens (tertiary/aromatic N) is 3. The fraction of sp³-hybridized carbons (Fsp3) is 0.353. The van der Waals surface area contributed by atoms with E-state index in [9.17, 15) is 8.42 Å². The van der Waals surface area contributed by atoms with Crippen molar-refractivity contribution in [1.82, 2.24) is 19.5 Å². The Bertz CT molecular complexity index is 798. The first-order valence-electron chi connectivity index (χ1n) is 8.01. The fourth-order valence-corrected chi connectivity index (χ4v) is 3.44. The second kappa shape index (κ2) is 8.68. The smallest absolute Gasteiger partial charge is 0.242 e. The topological polar surface area (TPSA) is 78.7 Å². The Balaban J connectivity index is 1.98. The molecule has 0 amide bonds. The summed E-state index contributed by atoms with van der Waals surface area (Å²) in [5, 5.41) is 6.38. The first-order valence-corrected chi connectivity index (χ1v) is 9.45. The Hall–Kier alpha value is -2.32. The van der Waals surface area contributed by atoms with Crippen molar-refractivity contribution in [2.24, 2.45) is 4.99 Å². The van der Waals surface area contributed by atoms with E-state index in [0.717, 1.165) is 6.54 Å². The van der Waals surface area contributed by atoms with Gasteiger partial charge in [-0.25, -0.2) is 12.7 Å². The number of rotatable bonds is 7. The number of hydrogen-bond donors (Lipinski definition) is 2. The van der Waals surface area contributed by atoms with Gasteiger partial charge in [0.25, 0.3) is 0 Å². The third-order valence-corrected chi connectivity index (χ3v) is 5.65. The van der Waals surface area contributed by atoms with E-state index in [1.54, 1.807) is 25.2 Å². The summed E-state index contributed by atoms with van der Waals surface area (Å²) in [5.41, 5.74) is 0.699. The van der Waals surface area contributed by atoms with E-state index in [0.29, 0.717) is 29.5 Å². The molecule has 1 aromatic carbocycles. The van der Waals surface area contributed by atoms with Crippen LogP contribution in [-0.2, 0) is 23.1 Å². The van der Waals surface area contributed by atoms with Crippen molar-refractivity contribution in [2.75, 3.05) is 27.7 Å². The average molecular weight is 363 g/mol. The van der Waals surface area contributed by atoms with Crippen LogP contribution in [0.3, 0.4) is 0 Å². The van der Waals surface area contributed by atoms with Gasteiger partial charge >= 0.3 is 0 Å². The summed E-state index contributed by atoms with van der Waals surface area (Å²) in [6.07, 6.45) is 4.00. The lowest BCUT2D eigenvalue weighted by atomic mass is 10.2. The highest BCUT2D eigenvalue weighted by Crippen LogP contribution is 2.18. The second-order valence-electron chi connectivity index (χ2n) is 5.67. The van der Waals surface area contributed by atoms with Gasteiger partial charge in [-0.2, -0.15) is 0 Å². The van der Waals surface area contributed by atoms with Crippen LogP contribution < -0.4 is 10.6 Å². The molecular weight excluding hydrogens is 338 g/mol. The van der Waals surface area contributed by atoms with E-state index in [-0.39, 0.29) is 0 Å². The third-order valence-electron chi connectivity index (χ3n) is 3.73. The molecule has 0 spiro atoms. The van der Waals surface area contributed by atoms with Gasteiger partial charge < -0.3 is 15.2 Å². The van der Waals surface area contributed by atoms with Gasteiger partial charge in [-0.3, -0.25) is 4.99 Å². The first-order chi connectivity index (χ1) is 11.9. The van der Waals surface area contributed by atoms with Crippen molar-refractivity contribution in [2.45, 2.75) is 18.0 Å². The number of sulfonamides is 1. The molecule has 0 aliphatic carbocycles. The van der Waals surface area contributed by atoms with Crippen LogP contribution in [0.5, 0.6) is 0 Å². The van der Waals surface area contributed by atoms with E-state index < -0.39 is 10.0 Å². The summed E-state index contributed by atoms with van der Waals surface area (Å²) in [5.74, 6) is 0.629. The predicted molar refractivity (Wildman–Crippen MR) is 99.9 cm³/mol. The minimum Gasteiger partial charge on any atom is -0.355 e. The van der Waals surface area contributed by atoms with Crippen LogP contribution in [0.4, 0.5) is 0 Å². The normalized spacial score (nSPS) is 12.4. The van der Waals surface area contributed by atoms with Crippen molar-refractivity contribution in [3.63, 3.8) is 0 Å². The lowest BCUT2D eigenvalue weighted by Crippen LogP contribution is -2.38. The summed E-state index contributed by atoms with van der Waals surface area (Å²) >= 11 is 0. The molecule has 2 rings (SSSR count). The zero-order valence-electron chi connectivity index (χ0n) is 14.8. The molecule has 2 N–H and O–H groups in total. The van der Waals surface area contributed by atoms with E-state index >= 15 is 0 Å². The fourth-order valence-electron chi connectivity index (χ4n) is 2.32. The maximum absolute atomic E-state index is 12.4. The van der Waals surface area contributed by atoms with Gasteiger partial charge in [0.15, 0.2) is 5.96 Å². The number of nitrogens with one attached hydrogen (secondary N) is 2. The summed E-state index contributed by atoms with van der Waals surface area (Å²) in [4.78, 5) is 4.48. The molecule has 0 aliphatic rings. The monoisotopic (exact) mass is 363 g/mol. The summed E-state index contributed by atoms with van der Waals surface area (Å²) in [7, 11) is 1.27. The van der Waals surface area contributed by atoms with Crippen molar-refractivity contribution in [3.8, 4) is 0 Å². The predicted octanol–water partition coefficient (Wildman–Crippen LogP) is 1.10. The largest absolute Gasteiger partial charge is 0.355 e. The molecule has 0 saturated heterocycles. The summed E-state index contributed by atoms with van der Waals surface area (Å²) in [6.45, 7) is 1.90. The van der Waals surface area contributed by atoms with Gasteiger partial charge in [0, 0.05) is 53.2 Å². The van der Waals surface area contributed by atoms with E-state index in [2.05, 4.69) is 20.2 Å². The van der Waals surface area contributed by atoms with Gasteiger partial charge in [-0.05, 0) is 23.8 Å². The number of hydrogen-bond acceptors (Lipinski definition) is 3. The molecule has 1 heterocycles. The SMILES string of the molecule is CN=C(NCCn1cccc1)NCc1ccccc1S(=O)(=O)N(C)C. The van der Waals surface area contributed by atoms with Gasteiger partial charge in [0.1, 0.15) is 0 Å². The van der Waals surface area contributed by atoms with Crippen LogP contribution in [0.15, 0.2) is 58.7 Å². The van der Waals surface area contributed by atoms with Crippen LogP contribution >= 0.6 is 0 Å². The van der Waals surface area contributed by atoms with Crippen LogP contribution in [0, 0.1) is 0 Å². The Labute approximate surface area is 149 Å². The second-order valence-corrected chi connectivity index (χ2v) is 7.79. The summed E-state index contributed by atoms with van der Waals surface area (Å²) in [6, 6.07) is 10.9. The average Bonchev–Trinajstić information content (AvgIpc) is 3.11. The standard InChI is InChI=1S/C17H25N5O2S/c1-18-17(19-10-13-22-11-6-7-12-22)20-14-15-8-4-5-9-16(15)25(23,24)21(2)3/h4-9,11-12H,10,13-14H2,1-3H3,(H2,18,19,20). The quantitative estimate of drug-likeness (QED) is 0.570. The van der Waals surface area contributed by atoms with Crippen molar-refractivity contribution in [1.29, 1.82) is 0 Å². The molecule has 0 fully saturated rings. The Morgan fingerprint density at radius 3 is 2.44 bits per heavy atom. The molecule has 0 saturated carbocycles. The van der Waals surface area contributed by atoms with E-state index in [1.807, 2.05) is 30.6 Å². The molecule has 7 nitrogen and oxygen atoms in total. The number of aromatic nitrogens is 1. The highest BCUT2D eigenvalue weighted by molar-refractivity contribution is 7.89. The Kier molecular flexibility index (Phi) is 6.60. The number of benzene rings is 1. The Morgan fingerprint density at radius 2 is 1.80 bits per heavy atom. The van der Waals surface area contributed by atoms with Crippen molar-refractivity contribution < 1.29 is 8.42 Å². The Morgan fingerprint density at radius 1 is 1.12 bits per heavy atom. The lowest BCUT2D eigenvalue weighted by molar-refractivity contribution is 0.519. The molecule has 2 aromatic rings. The molecule has 0 unspecified atom stereocenters. The van der Waals surface area contributed by atoms with E-state index in [4.69, 9.17) is 0 Å². The molecule has 25 heavy (non-hydrogen) atoms. The van der Waals surface area contributed by atoms with Gasteiger partial charge in [-0.1, -0.05) is 18.2 Å². The van der Waals surface area contributed by atoms with Crippen LogP contribution in [0.1, 0.15) is 5.56 Å². The first kappa shape index (κ1) is 19.0. The lowest BCUT2D eigenvalue weighted by Gasteiger charge is -2.17. The van der Waals surface area contributed by atoms with Crippen molar-refractivity contribution in [3.05, 3.63) is 54.4 Å². The minimum atomic E-state index is -3.48. The molecule has 8 heteroatoms. The van der Waals surface area contributed by atoms with Crippen LogP contribution in [-0.4, -0.2) is 50.9 Å². The molecular formula is C17H25N5O2S. The highest BCUT2D eigenvalue weighted by Gasteiger charge is 2.20. The van der Waals surface area contributed by atoms with Crippen molar-refractivity contribution >= 4 is 16.0 Å². The zero-order valence-corrected chi connectivity index (χ0v) is 15.6. The van der Waals surface area contributed by atoms with Crippen LogP contribution in [0.2, 0.25) is 0 Å². The molecule has 0 aliphatic heterocycles. The van der Waals surface area contributed by atoms with E-state index in [1.165, 1.54) is 18.4 Å². The molecule has 0 bridgehead atoms. The highest BCUT2D eigenvalue weighted by atomic mass is 32.2. The number of guanidine groups is 1. The maximum Gasteiger partial charge on any atom is 0.242 e. The van der Waals surface area contributed by atoms with Gasteiger partial charge in [-0.15, -0.1) is 0 Å². The zero-order chi connectivity index (χ0) is 18.3. The van der Waals surface area contributed by atoms with Gasteiger partial charge in [0.05, 0.1) is 4.90 Å². The molecule has 0 atom stereocenters. The van der Waals surface area contributed by atoms with Crippen LogP contribution in [0.25, 0.3) is 0 Å². The van der Waals surface area contributed by atoms with Gasteiger partial charge in [0.2, 0.25) is 10.0 Å².